The van der Waals surface area contributed by atoms with Gasteiger partial charge in [-0.05, 0) is 69.1 Å². The largest absolute Gasteiger partial charge is 0.478 e. The number of hydrogen-bond acceptors (Lipinski definition) is 6. The van der Waals surface area contributed by atoms with E-state index in [-0.39, 0.29) is 45.5 Å². The van der Waals surface area contributed by atoms with Gasteiger partial charge in [-0.25, -0.2) is 22.0 Å². The monoisotopic (exact) mass is 624 g/mol. The van der Waals surface area contributed by atoms with Gasteiger partial charge < -0.3 is 14.9 Å². The molecule has 0 aromatic heterocycles. The normalized spacial score (nSPS) is 20.6. The predicted octanol–water partition coefficient (Wildman–Crippen LogP) is 3.53. The van der Waals surface area contributed by atoms with Crippen LogP contribution in [-0.4, -0.2) is 103 Å². The molecule has 1 amide bonds. The zero-order valence-corrected chi connectivity index (χ0v) is 24.8. The topological polar surface area (TPSA) is 101 Å². The minimum atomic E-state index is -3.93. The lowest BCUT2D eigenvalue weighted by Gasteiger charge is -2.42. The molecule has 0 atom stereocenters. The first kappa shape index (κ1) is 30.8. The van der Waals surface area contributed by atoms with Gasteiger partial charge in [0, 0.05) is 63.3 Å². The number of aromatic carboxylic acids is 1. The highest BCUT2D eigenvalue weighted by atomic mass is 35.5. The summed E-state index contributed by atoms with van der Waals surface area (Å²) >= 11 is 6.13. The fourth-order valence-corrected chi connectivity index (χ4v) is 8.19. The Morgan fingerprint density at radius 3 is 2.10 bits per heavy atom. The van der Waals surface area contributed by atoms with Crippen molar-refractivity contribution in [3.8, 4) is 0 Å². The molecule has 0 radical (unpaired) electrons. The number of likely N-dealkylation sites (tertiary alicyclic amines) is 1. The molecule has 3 heterocycles. The third kappa shape index (κ3) is 6.62. The predicted molar refractivity (Wildman–Crippen MR) is 153 cm³/mol. The first-order valence-corrected chi connectivity index (χ1v) is 16.1. The Labute approximate surface area is 249 Å². The van der Waals surface area contributed by atoms with Crippen LogP contribution < -0.4 is 0 Å². The molecular formula is C29H35ClF2N4O5S. The minimum Gasteiger partial charge on any atom is -0.478 e. The number of nitrogens with zero attached hydrogens (tertiary/aromatic N) is 4. The van der Waals surface area contributed by atoms with E-state index < -0.39 is 27.6 Å². The average Bonchev–Trinajstić information content (AvgIpc) is 2.99. The number of amides is 1. The zero-order valence-electron chi connectivity index (χ0n) is 23.2. The lowest BCUT2D eigenvalue weighted by Crippen LogP contribution is -2.53. The van der Waals surface area contributed by atoms with E-state index in [1.165, 1.54) is 34.6 Å². The van der Waals surface area contributed by atoms with Crippen LogP contribution in [0.15, 0.2) is 41.3 Å². The number of rotatable bonds is 7. The summed E-state index contributed by atoms with van der Waals surface area (Å²) in [6.07, 6.45) is 2.74. The highest BCUT2D eigenvalue weighted by Crippen LogP contribution is 2.31. The van der Waals surface area contributed by atoms with Crippen molar-refractivity contribution in [1.82, 2.24) is 19.0 Å². The lowest BCUT2D eigenvalue weighted by atomic mass is 9.92. The molecule has 9 nitrogen and oxygen atoms in total. The van der Waals surface area contributed by atoms with Crippen molar-refractivity contribution in [2.24, 2.45) is 5.92 Å². The molecular weight excluding hydrogens is 590 g/mol. The van der Waals surface area contributed by atoms with Gasteiger partial charge in [0.25, 0.3) is 0 Å². The number of carbonyl (C=O) groups excluding carboxylic acids is 1. The molecule has 2 aromatic carbocycles. The Kier molecular flexibility index (Phi) is 9.48. The Morgan fingerprint density at radius 1 is 0.881 bits per heavy atom. The molecule has 0 bridgehead atoms. The van der Waals surface area contributed by atoms with Crippen molar-refractivity contribution in [2.75, 3.05) is 52.4 Å². The Hall–Kier alpha value is -2.64. The van der Waals surface area contributed by atoms with Crippen molar-refractivity contribution in [2.45, 2.75) is 43.2 Å². The van der Waals surface area contributed by atoms with Gasteiger partial charge in [-0.3, -0.25) is 9.69 Å². The molecule has 5 rings (SSSR count). The summed E-state index contributed by atoms with van der Waals surface area (Å²) in [5.74, 6) is -2.26. The molecule has 228 valence electrons. The summed E-state index contributed by atoms with van der Waals surface area (Å²) in [5, 5.41) is 9.25. The van der Waals surface area contributed by atoms with Crippen molar-refractivity contribution < 1.29 is 31.9 Å². The Morgan fingerprint density at radius 2 is 1.50 bits per heavy atom. The third-order valence-corrected chi connectivity index (χ3v) is 11.1. The van der Waals surface area contributed by atoms with Gasteiger partial charge in [0.15, 0.2) is 0 Å². The lowest BCUT2D eigenvalue weighted by molar-refractivity contribution is -0.139. The van der Waals surface area contributed by atoms with E-state index in [4.69, 9.17) is 11.6 Å². The number of piperidine rings is 2. The van der Waals surface area contributed by atoms with Crippen molar-refractivity contribution in [3.63, 3.8) is 0 Å². The smallest absolute Gasteiger partial charge is 0.335 e. The Balaban J connectivity index is 1.08. The molecule has 42 heavy (non-hydrogen) atoms. The van der Waals surface area contributed by atoms with Crippen molar-refractivity contribution in [1.29, 1.82) is 0 Å². The number of piperazine rings is 1. The molecule has 1 N–H and O–H groups in total. The van der Waals surface area contributed by atoms with Crippen LogP contribution in [0.25, 0.3) is 0 Å². The van der Waals surface area contributed by atoms with Gasteiger partial charge in [-0.1, -0.05) is 17.7 Å². The molecule has 3 aliphatic heterocycles. The van der Waals surface area contributed by atoms with E-state index in [9.17, 15) is 31.9 Å². The quantitative estimate of drug-likeness (QED) is 0.503. The molecule has 2 aromatic rings. The third-order valence-electron chi connectivity index (χ3n) is 8.74. The number of benzene rings is 2. The molecule has 13 heteroatoms. The van der Waals surface area contributed by atoms with Crippen LogP contribution in [0.5, 0.6) is 0 Å². The standard InChI is InChI=1S/C29H35ClF2N4O5S/c30-24-5-4-21(29(38)39)18-27(24)42(40,41)36-12-8-22(9-13-36)34-10-6-20(7-11-34)28(37)35-16-14-33(15-17-35)19-23-25(31)2-1-3-26(23)32/h1-5,18,20,22H,6-17,19H2,(H,38,39). The summed E-state index contributed by atoms with van der Waals surface area (Å²) < 4.78 is 55.9. The maximum atomic E-state index is 14.0. The highest BCUT2D eigenvalue weighted by Gasteiger charge is 2.36. The number of hydrogen-bond donors (Lipinski definition) is 1. The number of carbonyl (C=O) groups is 2. The van der Waals surface area contributed by atoms with Gasteiger partial charge in [0.1, 0.15) is 16.5 Å². The van der Waals surface area contributed by atoms with E-state index in [1.54, 1.807) is 0 Å². The second-order valence-corrected chi connectivity index (χ2v) is 13.5. The highest BCUT2D eigenvalue weighted by molar-refractivity contribution is 7.89. The molecule has 3 aliphatic rings. The molecule has 0 saturated carbocycles. The van der Waals surface area contributed by atoms with Gasteiger partial charge in [-0.2, -0.15) is 4.31 Å². The Bertz CT molecular complexity index is 1400. The fraction of sp³-hybridized carbons (Fsp3) is 0.517. The van der Waals surface area contributed by atoms with E-state index >= 15 is 0 Å². The molecule has 0 unspecified atom stereocenters. The van der Waals surface area contributed by atoms with Crippen LogP contribution in [0.3, 0.4) is 0 Å². The van der Waals surface area contributed by atoms with E-state index in [0.29, 0.717) is 52.1 Å². The zero-order chi connectivity index (χ0) is 30.0. The van der Waals surface area contributed by atoms with Crippen molar-refractivity contribution in [3.05, 3.63) is 64.2 Å². The van der Waals surface area contributed by atoms with Crippen LogP contribution in [0.4, 0.5) is 8.78 Å². The summed E-state index contributed by atoms with van der Waals surface area (Å²) in [4.78, 5) is 30.5. The van der Waals surface area contributed by atoms with E-state index in [0.717, 1.165) is 32.0 Å². The number of carboxylic acid groups (broad SMARTS) is 1. The van der Waals surface area contributed by atoms with Crippen LogP contribution >= 0.6 is 11.6 Å². The number of halogens is 3. The van der Waals surface area contributed by atoms with E-state index in [2.05, 4.69) is 4.90 Å². The molecule has 0 aliphatic carbocycles. The van der Waals surface area contributed by atoms with Crippen LogP contribution in [-0.2, 0) is 21.4 Å². The second kappa shape index (κ2) is 12.9. The first-order chi connectivity index (χ1) is 20.0. The van der Waals surface area contributed by atoms with Crippen LogP contribution in [0.1, 0.15) is 41.6 Å². The van der Waals surface area contributed by atoms with Crippen LogP contribution in [0.2, 0.25) is 5.02 Å². The summed E-state index contributed by atoms with van der Waals surface area (Å²) in [7, 11) is -3.93. The van der Waals surface area contributed by atoms with Crippen molar-refractivity contribution >= 4 is 33.5 Å². The van der Waals surface area contributed by atoms with Gasteiger partial charge in [0.05, 0.1) is 10.6 Å². The van der Waals surface area contributed by atoms with Gasteiger partial charge >= 0.3 is 5.97 Å². The maximum absolute atomic E-state index is 14.0. The first-order valence-electron chi connectivity index (χ1n) is 14.3. The fourth-order valence-electron chi connectivity index (χ4n) is 6.22. The summed E-state index contributed by atoms with van der Waals surface area (Å²) in [6.45, 7) is 4.49. The SMILES string of the molecule is O=C(O)c1ccc(Cl)c(S(=O)(=O)N2CCC(N3CCC(C(=O)N4CCN(Cc5c(F)cccc5F)CC4)CC3)CC2)c1. The van der Waals surface area contributed by atoms with E-state index in [1.807, 2.05) is 9.80 Å². The number of sulfonamides is 1. The molecule has 3 saturated heterocycles. The van der Waals surface area contributed by atoms with Crippen LogP contribution in [0, 0.1) is 17.6 Å². The maximum Gasteiger partial charge on any atom is 0.335 e. The summed E-state index contributed by atoms with van der Waals surface area (Å²) in [6, 6.07) is 7.76. The van der Waals surface area contributed by atoms with Gasteiger partial charge in [0.2, 0.25) is 15.9 Å². The molecule has 0 spiro atoms. The number of carboxylic acids is 1. The second-order valence-electron chi connectivity index (χ2n) is 11.2. The minimum absolute atomic E-state index is 0.00531. The summed E-state index contributed by atoms with van der Waals surface area (Å²) in [5.41, 5.74) is -0.0746. The molecule has 3 fully saturated rings. The van der Waals surface area contributed by atoms with Gasteiger partial charge in [-0.15, -0.1) is 0 Å². The average molecular weight is 625 g/mol.